The van der Waals surface area contributed by atoms with Crippen molar-refractivity contribution in [3.63, 3.8) is 0 Å². The number of amides is 1. The zero-order chi connectivity index (χ0) is 12.3. The molecule has 1 N–H and O–H groups in total. The third-order valence-corrected chi connectivity index (χ3v) is 4.34. The van der Waals surface area contributed by atoms with E-state index < -0.39 is 0 Å². The highest BCUT2D eigenvalue weighted by atomic mass is 16.5. The van der Waals surface area contributed by atoms with Crippen molar-refractivity contribution >= 4 is 5.91 Å². The molecule has 1 unspecified atom stereocenters. The molecule has 0 aliphatic carbocycles. The maximum absolute atomic E-state index is 12.2. The molecule has 2 fully saturated rings. The average molecular weight is 240 g/mol. The molecule has 2 aliphatic heterocycles. The molecule has 0 aromatic rings. The third kappa shape index (κ3) is 2.99. The van der Waals surface area contributed by atoms with Gasteiger partial charge in [0, 0.05) is 26.2 Å². The van der Waals surface area contributed by atoms with Crippen LogP contribution in [-0.2, 0) is 9.53 Å². The number of morpholine rings is 1. The molecule has 0 spiro atoms. The number of nitrogens with one attached hydrogen (secondary N) is 1. The molecule has 98 valence electrons. The Kier molecular flexibility index (Phi) is 4.05. The molecule has 2 rings (SSSR count). The number of ether oxygens (including phenoxy) is 1. The largest absolute Gasteiger partial charge is 0.366 e. The Labute approximate surface area is 104 Å². The molecule has 4 heteroatoms. The van der Waals surface area contributed by atoms with Gasteiger partial charge in [0.15, 0.2) is 0 Å². The van der Waals surface area contributed by atoms with Crippen molar-refractivity contribution in [3.05, 3.63) is 0 Å². The van der Waals surface area contributed by atoms with Gasteiger partial charge in [0.25, 0.3) is 5.91 Å². The van der Waals surface area contributed by atoms with Gasteiger partial charge in [-0.15, -0.1) is 0 Å². The number of piperidine rings is 1. The fourth-order valence-corrected chi connectivity index (χ4v) is 2.55. The zero-order valence-electron chi connectivity index (χ0n) is 11.0. The first-order valence-corrected chi connectivity index (χ1v) is 6.76. The summed E-state index contributed by atoms with van der Waals surface area (Å²) in [6, 6.07) is 0. The molecular formula is C13H24N2O2. The molecule has 17 heavy (non-hydrogen) atoms. The minimum absolute atomic E-state index is 0.176. The number of carbonyl (C=O) groups excluding carboxylic acids is 1. The summed E-state index contributed by atoms with van der Waals surface area (Å²) >= 11 is 0. The van der Waals surface area contributed by atoms with E-state index in [1.165, 1.54) is 6.42 Å². The first-order chi connectivity index (χ1) is 8.14. The number of rotatable bonds is 2. The Bertz CT molecular complexity index is 267. The van der Waals surface area contributed by atoms with Gasteiger partial charge >= 0.3 is 0 Å². The number of hydrogen-bond donors (Lipinski definition) is 1. The summed E-state index contributed by atoms with van der Waals surface area (Å²) in [7, 11) is 0. The molecule has 0 bridgehead atoms. The molecule has 0 aromatic carbocycles. The van der Waals surface area contributed by atoms with Crippen LogP contribution in [0.15, 0.2) is 0 Å². The number of likely N-dealkylation sites (tertiary alicyclic amines) is 1. The van der Waals surface area contributed by atoms with Crippen LogP contribution in [0.2, 0.25) is 0 Å². The summed E-state index contributed by atoms with van der Waals surface area (Å²) in [5, 5.41) is 3.21. The average Bonchev–Trinajstić information content (AvgIpc) is 2.40. The highest BCUT2D eigenvalue weighted by Gasteiger charge is 2.33. The van der Waals surface area contributed by atoms with Crippen LogP contribution in [-0.4, -0.2) is 49.7 Å². The molecular weight excluding hydrogens is 216 g/mol. The van der Waals surface area contributed by atoms with Gasteiger partial charge in [-0.2, -0.15) is 0 Å². The number of nitrogens with zero attached hydrogens (tertiary/aromatic N) is 1. The van der Waals surface area contributed by atoms with Gasteiger partial charge in [-0.3, -0.25) is 4.79 Å². The Balaban J connectivity index is 1.85. The predicted octanol–water partition coefficient (Wildman–Crippen LogP) is 1.01. The summed E-state index contributed by atoms with van der Waals surface area (Å²) < 4.78 is 5.52. The van der Waals surface area contributed by atoms with E-state index in [0.717, 1.165) is 32.5 Å². The van der Waals surface area contributed by atoms with E-state index in [1.807, 2.05) is 4.90 Å². The predicted molar refractivity (Wildman–Crippen MR) is 66.8 cm³/mol. The maximum atomic E-state index is 12.2. The van der Waals surface area contributed by atoms with E-state index in [1.54, 1.807) is 0 Å². The summed E-state index contributed by atoms with van der Waals surface area (Å²) in [6.45, 7) is 8.53. The number of carbonyl (C=O) groups is 1. The van der Waals surface area contributed by atoms with Crippen molar-refractivity contribution < 1.29 is 9.53 Å². The Morgan fingerprint density at radius 1 is 1.47 bits per heavy atom. The van der Waals surface area contributed by atoms with Crippen molar-refractivity contribution in [2.75, 3.05) is 32.8 Å². The lowest BCUT2D eigenvalue weighted by Gasteiger charge is -2.40. The Morgan fingerprint density at radius 3 is 2.71 bits per heavy atom. The van der Waals surface area contributed by atoms with Crippen LogP contribution in [0.3, 0.4) is 0 Å². The van der Waals surface area contributed by atoms with Crippen LogP contribution >= 0.6 is 0 Å². The highest BCUT2D eigenvalue weighted by molar-refractivity contribution is 5.81. The monoisotopic (exact) mass is 240 g/mol. The minimum atomic E-state index is -0.255. The smallest absolute Gasteiger partial charge is 0.253 e. The summed E-state index contributed by atoms with van der Waals surface area (Å²) in [5.41, 5.74) is 0.433. The molecule has 0 radical (unpaired) electrons. The second-order valence-electron chi connectivity index (χ2n) is 5.55. The molecule has 1 atom stereocenters. The maximum Gasteiger partial charge on any atom is 0.253 e. The molecule has 2 heterocycles. The van der Waals surface area contributed by atoms with Gasteiger partial charge in [-0.25, -0.2) is 0 Å². The van der Waals surface area contributed by atoms with E-state index in [4.69, 9.17) is 4.74 Å². The summed E-state index contributed by atoms with van der Waals surface area (Å²) in [6.07, 6.45) is 3.19. The molecule has 1 amide bonds. The minimum Gasteiger partial charge on any atom is -0.366 e. The van der Waals surface area contributed by atoms with Gasteiger partial charge in [-0.1, -0.05) is 20.3 Å². The van der Waals surface area contributed by atoms with Crippen LogP contribution in [0.5, 0.6) is 0 Å². The topological polar surface area (TPSA) is 41.6 Å². The van der Waals surface area contributed by atoms with Crippen molar-refractivity contribution in [2.45, 2.75) is 39.2 Å². The van der Waals surface area contributed by atoms with Crippen LogP contribution in [0.4, 0.5) is 0 Å². The standard InChI is InChI=1S/C13H24N2O2/c1-3-13(2)4-7-15(8-5-13)12(16)11-10-14-6-9-17-11/h11,14H,3-10H2,1-2H3. The van der Waals surface area contributed by atoms with Crippen LogP contribution in [0, 0.1) is 5.41 Å². The normalized spacial score (nSPS) is 29.1. The Hall–Kier alpha value is -0.610. The van der Waals surface area contributed by atoms with Crippen molar-refractivity contribution in [1.82, 2.24) is 10.2 Å². The van der Waals surface area contributed by atoms with Gasteiger partial charge in [0.1, 0.15) is 6.10 Å². The Morgan fingerprint density at radius 2 is 2.18 bits per heavy atom. The zero-order valence-corrected chi connectivity index (χ0v) is 11.0. The number of hydrogen-bond acceptors (Lipinski definition) is 3. The van der Waals surface area contributed by atoms with Gasteiger partial charge in [0.05, 0.1) is 6.61 Å². The second-order valence-corrected chi connectivity index (χ2v) is 5.55. The van der Waals surface area contributed by atoms with E-state index in [2.05, 4.69) is 19.2 Å². The van der Waals surface area contributed by atoms with Crippen LogP contribution in [0.25, 0.3) is 0 Å². The SMILES string of the molecule is CCC1(C)CCN(C(=O)C2CNCCO2)CC1. The van der Waals surface area contributed by atoms with E-state index >= 15 is 0 Å². The summed E-state index contributed by atoms with van der Waals surface area (Å²) in [4.78, 5) is 14.2. The molecule has 2 aliphatic rings. The van der Waals surface area contributed by atoms with E-state index in [-0.39, 0.29) is 12.0 Å². The third-order valence-electron chi connectivity index (χ3n) is 4.34. The lowest BCUT2D eigenvalue weighted by Crippen LogP contribution is -2.52. The van der Waals surface area contributed by atoms with Crippen LogP contribution in [0.1, 0.15) is 33.1 Å². The van der Waals surface area contributed by atoms with Gasteiger partial charge < -0.3 is 15.0 Å². The van der Waals surface area contributed by atoms with Crippen molar-refractivity contribution in [2.24, 2.45) is 5.41 Å². The fourth-order valence-electron chi connectivity index (χ4n) is 2.55. The molecule has 2 saturated heterocycles. The quantitative estimate of drug-likeness (QED) is 0.783. The van der Waals surface area contributed by atoms with Crippen molar-refractivity contribution in [3.8, 4) is 0 Å². The van der Waals surface area contributed by atoms with E-state index in [9.17, 15) is 4.79 Å². The molecule has 4 nitrogen and oxygen atoms in total. The lowest BCUT2D eigenvalue weighted by molar-refractivity contribution is -0.147. The summed E-state index contributed by atoms with van der Waals surface area (Å²) in [5.74, 6) is 0.176. The van der Waals surface area contributed by atoms with Gasteiger partial charge in [-0.05, 0) is 18.3 Å². The fraction of sp³-hybridized carbons (Fsp3) is 0.923. The molecule has 0 saturated carbocycles. The highest BCUT2D eigenvalue weighted by Crippen LogP contribution is 2.34. The second kappa shape index (κ2) is 5.36. The first-order valence-electron chi connectivity index (χ1n) is 6.76. The van der Waals surface area contributed by atoms with E-state index in [0.29, 0.717) is 18.6 Å². The van der Waals surface area contributed by atoms with Gasteiger partial charge in [0.2, 0.25) is 0 Å². The molecule has 0 aromatic heterocycles. The van der Waals surface area contributed by atoms with Crippen molar-refractivity contribution in [1.29, 1.82) is 0 Å². The lowest BCUT2D eigenvalue weighted by atomic mass is 9.78. The van der Waals surface area contributed by atoms with Crippen LogP contribution < -0.4 is 5.32 Å². The first kappa shape index (κ1) is 12.8.